The molecule has 3 rings (SSSR count). The minimum atomic E-state index is 0.0666. The Bertz CT molecular complexity index is 670. The van der Waals surface area contributed by atoms with Gasteiger partial charge in [0, 0.05) is 5.39 Å². The van der Waals surface area contributed by atoms with Crippen LogP contribution in [-0.2, 0) is 0 Å². The number of rotatable bonds is 5. The summed E-state index contributed by atoms with van der Waals surface area (Å²) in [5, 5.41) is 1.07. The number of hydrogen-bond acceptors (Lipinski definition) is 2. The summed E-state index contributed by atoms with van der Waals surface area (Å²) in [6.45, 7) is 2.17. The molecule has 2 nitrogen and oxygen atoms in total. The van der Waals surface area contributed by atoms with Crippen molar-refractivity contribution in [2.24, 2.45) is 0 Å². The first-order valence-corrected chi connectivity index (χ1v) is 7.06. The fourth-order valence-electron chi connectivity index (χ4n) is 2.44. The highest BCUT2D eigenvalue weighted by atomic mass is 16.5. The van der Waals surface area contributed by atoms with E-state index < -0.39 is 0 Å². The number of furan rings is 1. The zero-order valence-electron chi connectivity index (χ0n) is 11.6. The summed E-state index contributed by atoms with van der Waals surface area (Å²) in [7, 11) is 0. The zero-order valence-corrected chi connectivity index (χ0v) is 11.6. The summed E-state index contributed by atoms with van der Waals surface area (Å²) < 4.78 is 11.8. The molecule has 20 heavy (non-hydrogen) atoms. The van der Waals surface area contributed by atoms with Crippen LogP contribution in [0.15, 0.2) is 65.3 Å². The second kappa shape index (κ2) is 5.83. The van der Waals surface area contributed by atoms with Crippen LogP contribution in [0.1, 0.15) is 31.4 Å². The lowest BCUT2D eigenvalue weighted by Crippen LogP contribution is -2.07. The van der Waals surface area contributed by atoms with E-state index in [1.54, 1.807) is 6.26 Å². The third kappa shape index (κ3) is 2.55. The summed E-state index contributed by atoms with van der Waals surface area (Å²) >= 11 is 0. The van der Waals surface area contributed by atoms with E-state index in [4.69, 9.17) is 9.15 Å². The average Bonchev–Trinajstić information content (AvgIpc) is 2.97. The van der Waals surface area contributed by atoms with Crippen LogP contribution in [0.25, 0.3) is 11.0 Å². The first-order valence-electron chi connectivity index (χ1n) is 7.06. The molecule has 0 aliphatic rings. The molecule has 0 unspecified atom stereocenters. The lowest BCUT2D eigenvalue weighted by atomic mass is 10.1. The quantitative estimate of drug-likeness (QED) is 0.620. The number of para-hydroxylation sites is 1. The van der Waals surface area contributed by atoms with Crippen molar-refractivity contribution in [3.63, 3.8) is 0 Å². The van der Waals surface area contributed by atoms with E-state index in [0.29, 0.717) is 0 Å². The molecule has 0 N–H and O–H groups in total. The monoisotopic (exact) mass is 266 g/mol. The Morgan fingerprint density at radius 3 is 2.65 bits per heavy atom. The smallest absolute Gasteiger partial charge is 0.175 e. The average molecular weight is 266 g/mol. The van der Waals surface area contributed by atoms with Crippen LogP contribution in [0.3, 0.4) is 0 Å². The van der Waals surface area contributed by atoms with E-state index in [1.165, 1.54) is 5.56 Å². The van der Waals surface area contributed by atoms with Crippen molar-refractivity contribution in [1.29, 1.82) is 0 Å². The molecule has 2 heteroatoms. The molecule has 0 spiro atoms. The Balaban J connectivity index is 1.92. The second-order valence-electron chi connectivity index (χ2n) is 4.90. The Kier molecular flexibility index (Phi) is 3.73. The van der Waals surface area contributed by atoms with Gasteiger partial charge in [-0.1, -0.05) is 55.8 Å². The van der Waals surface area contributed by atoms with Gasteiger partial charge in [-0.15, -0.1) is 0 Å². The predicted octanol–water partition coefficient (Wildman–Crippen LogP) is 5.35. The lowest BCUT2D eigenvalue weighted by Gasteiger charge is -2.19. The van der Waals surface area contributed by atoms with Gasteiger partial charge in [0.1, 0.15) is 6.10 Å². The van der Waals surface area contributed by atoms with Crippen molar-refractivity contribution in [3.8, 4) is 5.75 Å². The van der Waals surface area contributed by atoms with Crippen molar-refractivity contribution in [2.45, 2.75) is 25.9 Å². The highest BCUT2D eigenvalue weighted by molar-refractivity contribution is 5.82. The number of fused-ring (bicyclic) bond motifs is 1. The van der Waals surface area contributed by atoms with Crippen molar-refractivity contribution < 1.29 is 9.15 Å². The van der Waals surface area contributed by atoms with Gasteiger partial charge >= 0.3 is 0 Å². The first kappa shape index (κ1) is 12.8. The highest BCUT2D eigenvalue weighted by Crippen LogP contribution is 2.32. The lowest BCUT2D eigenvalue weighted by molar-refractivity contribution is 0.194. The summed E-state index contributed by atoms with van der Waals surface area (Å²) in [5.74, 6) is 0.815. The second-order valence-corrected chi connectivity index (χ2v) is 4.90. The Morgan fingerprint density at radius 1 is 1.00 bits per heavy atom. The van der Waals surface area contributed by atoms with Crippen molar-refractivity contribution in [2.75, 3.05) is 0 Å². The van der Waals surface area contributed by atoms with Gasteiger partial charge in [0.15, 0.2) is 11.3 Å². The molecule has 0 radical (unpaired) electrons. The van der Waals surface area contributed by atoms with E-state index in [-0.39, 0.29) is 6.10 Å². The van der Waals surface area contributed by atoms with Crippen LogP contribution < -0.4 is 4.74 Å². The number of benzene rings is 2. The molecule has 0 saturated heterocycles. The SMILES string of the molecule is CCC[C@@H](Oc1cccc2ccoc12)c1ccccc1. The molecule has 0 bridgehead atoms. The van der Waals surface area contributed by atoms with E-state index in [0.717, 1.165) is 29.6 Å². The first-order chi connectivity index (χ1) is 9.88. The van der Waals surface area contributed by atoms with E-state index in [9.17, 15) is 0 Å². The van der Waals surface area contributed by atoms with Crippen molar-refractivity contribution in [1.82, 2.24) is 0 Å². The van der Waals surface area contributed by atoms with Crippen LogP contribution in [-0.4, -0.2) is 0 Å². The molecule has 0 saturated carbocycles. The van der Waals surface area contributed by atoms with Crippen LogP contribution in [0.2, 0.25) is 0 Å². The standard InChI is InChI=1S/C18H18O2/c1-2-7-16(14-8-4-3-5-9-14)20-17-11-6-10-15-12-13-19-18(15)17/h3-6,8-13,16H,2,7H2,1H3/t16-/m1/s1. The molecular weight excluding hydrogens is 248 g/mol. The van der Waals surface area contributed by atoms with Crippen LogP contribution in [0.4, 0.5) is 0 Å². The van der Waals surface area contributed by atoms with Crippen LogP contribution >= 0.6 is 0 Å². The van der Waals surface area contributed by atoms with E-state index >= 15 is 0 Å². The zero-order chi connectivity index (χ0) is 13.8. The summed E-state index contributed by atoms with van der Waals surface area (Å²) in [5.41, 5.74) is 2.03. The molecule has 1 aromatic heterocycles. The molecule has 1 atom stereocenters. The van der Waals surface area contributed by atoms with Crippen molar-refractivity contribution in [3.05, 3.63) is 66.4 Å². The van der Waals surface area contributed by atoms with E-state index in [1.807, 2.05) is 30.3 Å². The van der Waals surface area contributed by atoms with E-state index in [2.05, 4.69) is 31.2 Å². The Hall–Kier alpha value is -2.22. The number of hydrogen-bond donors (Lipinski definition) is 0. The van der Waals surface area contributed by atoms with Gasteiger partial charge < -0.3 is 9.15 Å². The topological polar surface area (TPSA) is 22.4 Å². The molecule has 102 valence electrons. The summed E-state index contributed by atoms with van der Waals surface area (Å²) in [6.07, 6.45) is 3.83. The molecule has 0 aliphatic carbocycles. The Morgan fingerprint density at radius 2 is 1.85 bits per heavy atom. The summed E-state index contributed by atoms with van der Waals surface area (Å²) in [6, 6.07) is 18.3. The van der Waals surface area contributed by atoms with Gasteiger partial charge in [-0.3, -0.25) is 0 Å². The minimum absolute atomic E-state index is 0.0666. The number of ether oxygens (including phenoxy) is 1. The van der Waals surface area contributed by atoms with Gasteiger partial charge in [0.05, 0.1) is 6.26 Å². The summed E-state index contributed by atoms with van der Waals surface area (Å²) in [4.78, 5) is 0. The minimum Gasteiger partial charge on any atom is -0.482 e. The predicted molar refractivity (Wildman–Crippen MR) is 80.9 cm³/mol. The molecule has 1 heterocycles. The van der Waals surface area contributed by atoms with Gasteiger partial charge in [-0.05, 0) is 24.1 Å². The maximum atomic E-state index is 6.22. The molecule has 0 aliphatic heterocycles. The van der Waals surface area contributed by atoms with Gasteiger partial charge in [-0.2, -0.15) is 0 Å². The molecule has 3 aromatic rings. The van der Waals surface area contributed by atoms with Crippen LogP contribution in [0, 0.1) is 0 Å². The fourth-order valence-corrected chi connectivity index (χ4v) is 2.44. The van der Waals surface area contributed by atoms with Gasteiger partial charge in [0.2, 0.25) is 0 Å². The fraction of sp³-hybridized carbons (Fsp3) is 0.222. The highest BCUT2D eigenvalue weighted by Gasteiger charge is 2.14. The van der Waals surface area contributed by atoms with Gasteiger partial charge in [0.25, 0.3) is 0 Å². The van der Waals surface area contributed by atoms with Gasteiger partial charge in [-0.25, -0.2) is 0 Å². The molecule has 0 fully saturated rings. The molecule has 0 amide bonds. The maximum absolute atomic E-state index is 6.22. The van der Waals surface area contributed by atoms with Crippen molar-refractivity contribution >= 4 is 11.0 Å². The molecular formula is C18H18O2. The normalized spacial score (nSPS) is 12.4. The Labute approximate surface area is 119 Å². The largest absolute Gasteiger partial charge is 0.482 e. The maximum Gasteiger partial charge on any atom is 0.175 e. The van der Waals surface area contributed by atoms with Crippen LogP contribution in [0.5, 0.6) is 5.75 Å². The third-order valence-corrected chi connectivity index (χ3v) is 3.43. The third-order valence-electron chi connectivity index (χ3n) is 3.43. The molecule has 2 aromatic carbocycles.